The van der Waals surface area contributed by atoms with Crippen LogP contribution >= 0.6 is 0 Å². The molecule has 7 heteroatoms. The Balaban J connectivity index is 1.46. The summed E-state index contributed by atoms with van der Waals surface area (Å²) < 4.78 is 27.2. The van der Waals surface area contributed by atoms with Gasteiger partial charge in [0, 0.05) is 44.7 Å². The fourth-order valence-corrected chi connectivity index (χ4v) is 5.64. The number of hydrogen-bond acceptors (Lipinski definition) is 4. The summed E-state index contributed by atoms with van der Waals surface area (Å²) in [7, 11) is -3.51. The molecule has 2 aliphatic rings. The van der Waals surface area contributed by atoms with Gasteiger partial charge >= 0.3 is 0 Å². The number of sulfonamides is 1. The molecule has 6 nitrogen and oxygen atoms in total. The number of carbonyl (C=O) groups is 1. The van der Waals surface area contributed by atoms with E-state index in [0.29, 0.717) is 26.2 Å². The summed E-state index contributed by atoms with van der Waals surface area (Å²) in [6, 6.07) is 18.9. The van der Waals surface area contributed by atoms with Gasteiger partial charge in [0.1, 0.15) is 6.04 Å². The lowest BCUT2D eigenvalue weighted by atomic mass is 10.0. The lowest BCUT2D eigenvalue weighted by Crippen LogP contribution is -2.53. The van der Waals surface area contributed by atoms with E-state index in [-0.39, 0.29) is 11.9 Å². The molecule has 2 heterocycles. The molecule has 2 saturated heterocycles. The summed E-state index contributed by atoms with van der Waals surface area (Å²) in [6.07, 6.45) is 4.90. The molecule has 2 fully saturated rings. The molecule has 0 aromatic heterocycles. The van der Waals surface area contributed by atoms with Crippen LogP contribution in [0.4, 0.5) is 0 Å². The number of piperazine rings is 1. The SMILES string of the molecule is O=C(C(c1ccccc1)N1CCN(S(=O)(=O)C=Cc2ccccc2)CC1)N1CCCCC1. The van der Waals surface area contributed by atoms with Crippen molar-refractivity contribution in [2.75, 3.05) is 39.3 Å². The van der Waals surface area contributed by atoms with Gasteiger partial charge in [-0.1, -0.05) is 60.7 Å². The van der Waals surface area contributed by atoms with Crippen molar-refractivity contribution in [1.82, 2.24) is 14.1 Å². The Bertz CT molecular complexity index is 1010. The lowest BCUT2D eigenvalue weighted by molar-refractivity contribution is -0.138. The van der Waals surface area contributed by atoms with Crippen molar-refractivity contribution in [3.63, 3.8) is 0 Å². The lowest BCUT2D eigenvalue weighted by Gasteiger charge is -2.40. The number of likely N-dealkylation sites (tertiary alicyclic amines) is 1. The Labute approximate surface area is 191 Å². The van der Waals surface area contributed by atoms with Gasteiger partial charge < -0.3 is 4.90 Å². The zero-order valence-corrected chi connectivity index (χ0v) is 19.2. The Morgan fingerprint density at radius 3 is 2.00 bits per heavy atom. The molecule has 2 aromatic carbocycles. The molecular formula is C25H31N3O3S. The zero-order valence-electron chi connectivity index (χ0n) is 18.3. The first-order valence-corrected chi connectivity index (χ1v) is 12.9. The molecule has 1 amide bonds. The fraction of sp³-hybridized carbons (Fsp3) is 0.400. The third-order valence-corrected chi connectivity index (χ3v) is 7.81. The molecule has 4 rings (SSSR count). The van der Waals surface area contributed by atoms with E-state index in [1.807, 2.05) is 65.6 Å². The third kappa shape index (κ3) is 5.46. The average Bonchev–Trinajstić information content (AvgIpc) is 2.85. The van der Waals surface area contributed by atoms with E-state index in [2.05, 4.69) is 4.90 Å². The monoisotopic (exact) mass is 453 g/mol. The molecule has 0 spiro atoms. The van der Waals surface area contributed by atoms with Gasteiger partial charge in [0.05, 0.1) is 0 Å². The second-order valence-corrected chi connectivity index (χ2v) is 10.2. The molecule has 0 aliphatic carbocycles. The maximum atomic E-state index is 13.5. The van der Waals surface area contributed by atoms with Gasteiger partial charge in [0.15, 0.2) is 0 Å². The van der Waals surface area contributed by atoms with E-state index >= 15 is 0 Å². The topological polar surface area (TPSA) is 60.9 Å². The maximum absolute atomic E-state index is 13.5. The first kappa shape index (κ1) is 22.7. The van der Waals surface area contributed by atoms with Gasteiger partial charge in [0.2, 0.25) is 15.9 Å². The predicted octanol–water partition coefficient (Wildman–Crippen LogP) is 3.36. The first-order valence-electron chi connectivity index (χ1n) is 11.4. The number of benzene rings is 2. The molecule has 1 unspecified atom stereocenters. The van der Waals surface area contributed by atoms with Crippen LogP contribution in [-0.2, 0) is 14.8 Å². The summed E-state index contributed by atoms with van der Waals surface area (Å²) in [4.78, 5) is 17.6. The van der Waals surface area contributed by atoms with Gasteiger partial charge in [0.25, 0.3) is 0 Å². The van der Waals surface area contributed by atoms with Crippen molar-refractivity contribution in [3.05, 3.63) is 77.2 Å². The van der Waals surface area contributed by atoms with E-state index in [1.165, 1.54) is 16.1 Å². The van der Waals surface area contributed by atoms with E-state index in [1.54, 1.807) is 6.08 Å². The second kappa shape index (κ2) is 10.4. The van der Waals surface area contributed by atoms with Crippen molar-refractivity contribution in [2.45, 2.75) is 25.3 Å². The minimum atomic E-state index is -3.51. The van der Waals surface area contributed by atoms with Crippen molar-refractivity contribution in [1.29, 1.82) is 0 Å². The molecule has 0 saturated carbocycles. The van der Waals surface area contributed by atoms with Gasteiger partial charge in [-0.05, 0) is 36.5 Å². The fourth-order valence-electron chi connectivity index (χ4n) is 4.46. The second-order valence-electron chi connectivity index (χ2n) is 8.39. The van der Waals surface area contributed by atoms with Crippen LogP contribution in [0.1, 0.15) is 36.4 Å². The van der Waals surface area contributed by atoms with Crippen LogP contribution in [-0.4, -0.2) is 67.7 Å². The summed E-state index contributed by atoms with van der Waals surface area (Å²) >= 11 is 0. The van der Waals surface area contributed by atoms with Crippen molar-refractivity contribution >= 4 is 22.0 Å². The number of hydrogen-bond donors (Lipinski definition) is 0. The number of nitrogens with zero attached hydrogens (tertiary/aromatic N) is 3. The normalized spacial score (nSPS) is 19.8. The largest absolute Gasteiger partial charge is 0.341 e. The average molecular weight is 454 g/mol. The van der Waals surface area contributed by atoms with E-state index < -0.39 is 10.0 Å². The highest BCUT2D eigenvalue weighted by Crippen LogP contribution is 2.27. The molecular weight excluding hydrogens is 422 g/mol. The van der Waals surface area contributed by atoms with Crippen LogP contribution in [0.25, 0.3) is 6.08 Å². The van der Waals surface area contributed by atoms with Crippen LogP contribution in [0.2, 0.25) is 0 Å². The number of amides is 1. The predicted molar refractivity (Wildman–Crippen MR) is 127 cm³/mol. The summed E-state index contributed by atoms with van der Waals surface area (Å²) in [6.45, 7) is 3.41. The molecule has 32 heavy (non-hydrogen) atoms. The van der Waals surface area contributed by atoms with Crippen LogP contribution in [0, 0.1) is 0 Å². The summed E-state index contributed by atoms with van der Waals surface area (Å²) in [5.74, 6) is 0.135. The highest BCUT2D eigenvalue weighted by Gasteiger charge is 2.35. The van der Waals surface area contributed by atoms with E-state index in [9.17, 15) is 13.2 Å². The highest BCUT2D eigenvalue weighted by molar-refractivity contribution is 7.92. The number of rotatable bonds is 6. The number of carbonyl (C=O) groups excluding carboxylic acids is 1. The van der Waals surface area contributed by atoms with Crippen molar-refractivity contribution in [2.24, 2.45) is 0 Å². The minimum absolute atomic E-state index is 0.135. The Hall–Kier alpha value is -2.48. The van der Waals surface area contributed by atoms with E-state index in [4.69, 9.17) is 0 Å². The Morgan fingerprint density at radius 2 is 1.38 bits per heavy atom. The van der Waals surface area contributed by atoms with Crippen LogP contribution in [0.3, 0.4) is 0 Å². The first-order chi connectivity index (χ1) is 15.5. The van der Waals surface area contributed by atoms with Crippen LogP contribution in [0.5, 0.6) is 0 Å². The van der Waals surface area contributed by atoms with E-state index in [0.717, 1.165) is 37.1 Å². The Morgan fingerprint density at radius 1 is 0.781 bits per heavy atom. The molecule has 2 aliphatic heterocycles. The van der Waals surface area contributed by atoms with Gasteiger partial charge in [-0.2, -0.15) is 4.31 Å². The minimum Gasteiger partial charge on any atom is -0.341 e. The molecule has 1 atom stereocenters. The van der Waals surface area contributed by atoms with Gasteiger partial charge in [-0.3, -0.25) is 9.69 Å². The molecule has 170 valence electrons. The number of piperidine rings is 1. The zero-order chi connectivity index (χ0) is 22.4. The van der Waals surface area contributed by atoms with Gasteiger partial charge in [-0.15, -0.1) is 0 Å². The maximum Gasteiger partial charge on any atom is 0.244 e. The smallest absolute Gasteiger partial charge is 0.244 e. The summed E-state index contributed by atoms with van der Waals surface area (Å²) in [5.41, 5.74) is 1.83. The third-order valence-electron chi connectivity index (χ3n) is 6.25. The van der Waals surface area contributed by atoms with Crippen LogP contribution < -0.4 is 0 Å². The molecule has 0 bridgehead atoms. The molecule has 0 radical (unpaired) electrons. The molecule has 0 N–H and O–H groups in total. The highest BCUT2D eigenvalue weighted by atomic mass is 32.2. The van der Waals surface area contributed by atoms with Crippen LogP contribution in [0.15, 0.2) is 66.1 Å². The molecule has 2 aromatic rings. The standard InChI is InChI=1S/C25H31N3O3S/c29-25(27-15-8-3-9-16-27)24(23-12-6-2-7-13-23)26-17-19-28(20-18-26)32(30,31)21-14-22-10-4-1-5-11-22/h1-2,4-7,10-14,21,24H,3,8-9,15-20H2. The van der Waals surface area contributed by atoms with Crippen molar-refractivity contribution < 1.29 is 13.2 Å². The van der Waals surface area contributed by atoms with Crippen molar-refractivity contribution in [3.8, 4) is 0 Å². The van der Waals surface area contributed by atoms with Gasteiger partial charge in [-0.25, -0.2) is 8.42 Å². The quantitative estimate of drug-likeness (QED) is 0.673. The summed E-state index contributed by atoms with van der Waals surface area (Å²) in [5, 5.41) is 1.28. The Kier molecular flexibility index (Phi) is 7.40.